The fraction of sp³-hybridized carbons (Fsp3) is 0.292. The lowest BCUT2D eigenvalue weighted by atomic mass is 9.78. The maximum Gasteiger partial charge on any atom is 0.404 e. The number of nitrogens with zero attached hydrogens (tertiary/aromatic N) is 1. The molecule has 1 aromatic heterocycles. The molecule has 0 fully saturated rings. The molecule has 174 valence electrons. The first-order chi connectivity index (χ1) is 15.8. The van der Waals surface area contributed by atoms with Crippen LogP contribution in [-0.2, 0) is 16.8 Å². The molecule has 0 atom stereocenters. The van der Waals surface area contributed by atoms with Crippen molar-refractivity contribution < 1.29 is 23.8 Å². The van der Waals surface area contributed by atoms with Crippen LogP contribution >= 0.6 is 11.3 Å². The van der Waals surface area contributed by atoms with Gasteiger partial charge in [-0.25, -0.2) is 9.78 Å². The second-order valence-electron chi connectivity index (χ2n) is 7.82. The van der Waals surface area contributed by atoms with Crippen LogP contribution in [0.4, 0.5) is 4.79 Å². The fourth-order valence-corrected chi connectivity index (χ4v) is 3.85. The van der Waals surface area contributed by atoms with Crippen molar-refractivity contribution in [1.29, 1.82) is 0 Å². The molecule has 2 amide bonds. The summed E-state index contributed by atoms with van der Waals surface area (Å²) in [5.41, 5.74) is 12.5. The number of aromatic nitrogens is 1. The van der Waals surface area contributed by atoms with Gasteiger partial charge < -0.3 is 25.7 Å². The first-order valence-corrected chi connectivity index (χ1v) is 11.3. The molecule has 0 unspecified atom stereocenters. The Labute approximate surface area is 196 Å². The molecule has 8 nitrogen and oxygen atoms in total. The standard InChI is InChI=1S/C24H27N3O5S/c1-24(2,16-4-8-18(9-5-16)30-12-3-13-31-23(26)29)17-6-10-19(11-7-17)32-14-21-27-20(15-33-21)22(25)28/h4-11,15H,3,12-14H2,1-2H3,(H2,25,28)(H2,26,29). The Bertz CT molecular complexity index is 1080. The minimum absolute atomic E-state index is 0.224. The number of rotatable bonds is 11. The monoisotopic (exact) mass is 469 g/mol. The summed E-state index contributed by atoms with van der Waals surface area (Å²) in [5, 5.41) is 2.32. The number of benzene rings is 2. The van der Waals surface area contributed by atoms with Gasteiger partial charge in [-0.1, -0.05) is 38.1 Å². The van der Waals surface area contributed by atoms with Gasteiger partial charge in [-0.15, -0.1) is 11.3 Å². The molecule has 3 rings (SSSR count). The van der Waals surface area contributed by atoms with E-state index in [-0.39, 0.29) is 24.3 Å². The summed E-state index contributed by atoms with van der Waals surface area (Å²) < 4.78 is 16.1. The highest BCUT2D eigenvalue weighted by atomic mass is 32.1. The topological polar surface area (TPSA) is 127 Å². The van der Waals surface area contributed by atoms with Crippen LogP contribution in [0.25, 0.3) is 0 Å². The number of hydrogen-bond acceptors (Lipinski definition) is 7. The van der Waals surface area contributed by atoms with Crippen LogP contribution in [0.2, 0.25) is 0 Å². The van der Waals surface area contributed by atoms with E-state index in [2.05, 4.69) is 23.6 Å². The molecular formula is C24H27N3O5S. The number of carbonyl (C=O) groups excluding carboxylic acids is 2. The van der Waals surface area contributed by atoms with Gasteiger partial charge in [-0.3, -0.25) is 4.79 Å². The molecule has 0 aliphatic rings. The van der Waals surface area contributed by atoms with Crippen molar-refractivity contribution in [2.45, 2.75) is 32.3 Å². The van der Waals surface area contributed by atoms with Crippen LogP contribution in [-0.4, -0.2) is 30.2 Å². The van der Waals surface area contributed by atoms with Gasteiger partial charge in [0, 0.05) is 17.2 Å². The largest absolute Gasteiger partial charge is 0.493 e. The molecule has 9 heteroatoms. The van der Waals surface area contributed by atoms with Crippen LogP contribution < -0.4 is 20.9 Å². The zero-order chi connectivity index (χ0) is 23.8. The van der Waals surface area contributed by atoms with Gasteiger partial charge in [0.15, 0.2) is 0 Å². The smallest absolute Gasteiger partial charge is 0.404 e. The Morgan fingerprint density at radius 1 is 0.909 bits per heavy atom. The SMILES string of the molecule is CC(C)(c1ccc(OCCCOC(N)=O)cc1)c1ccc(OCc2nc(C(N)=O)cs2)cc1. The number of ether oxygens (including phenoxy) is 3. The molecule has 0 aliphatic heterocycles. The van der Waals surface area contributed by atoms with E-state index in [0.29, 0.717) is 18.0 Å². The second-order valence-corrected chi connectivity index (χ2v) is 8.77. The first kappa shape index (κ1) is 24.1. The molecule has 33 heavy (non-hydrogen) atoms. The molecule has 1 heterocycles. The van der Waals surface area contributed by atoms with Gasteiger partial charge in [0.25, 0.3) is 5.91 Å². The average Bonchev–Trinajstić information content (AvgIpc) is 3.27. The third-order valence-electron chi connectivity index (χ3n) is 5.12. The quantitative estimate of drug-likeness (QED) is 0.409. The molecule has 0 saturated carbocycles. The van der Waals surface area contributed by atoms with Crippen molar-refractivity contribution in [2.24, 2.45) is 11.5 Å². The minimum Gasteiger partial charge on any atom is -0.493 e. The van der Waals surface area contributed by atoms with Gasteiger partial charge in [-0.05, 0) is 35.4 Å². The van der Waals surface area contributed by atoms with Crippen molar-refractivity contribution >= 4 is 23.3 Å². The molecular weight excluding hydrogens is 442 g/mol. The molecule has 4 N–H and O–H groups in total. The Balaban J connectivity index is 1.55. The lowest BCUT2D eigenvalue weighted by Crippen LogP contribution is -2.18. The summed E-state index contributed by atoms with van der Waals surface area (Å²) in [6, 6.07) is 15.9. The van der Waals surface area contributed by atoms with Crippen molar-refractivity contribution in [3.63, 3.8) is 0 Å². The summed E-state index contributed by atoms with van der Waals surface area (Å²) in [6.07, 6.45) is -0.209. The summed E-state index contributed by atoms with van der Waals surface area (Å²) in [4.78, 5) is 25.8. The molecule has 0 bridgehead atoms. The minimum atomic E-state index is -0.778. The average molecular weight is 470 g/mol. The highest BCUT2D eigenvalue weighted by Crippen LogP contribution is 2.33. The molecule has 3 aromatic rings. The van der Waals surface area contributed by atoms with E-state index in [0.717, 1.165) is 22.6 Å². The van der Waals surface area contributed by atoms with E-state index in [1.165, 1.54) is 11.3 Å². The lowest BCUT2D eigenvalue weighted by molar-refractivity contribution is 0.0995. The van der Waals surface area contributed by atoms with Crippen LogP contribution in [0.1, 0.15) is 46.9 Å². The molecule has 0 aliphatic carbocycles. The van der Waals surface area contributed by atoms with Gasteiger partial charge in [0.2, 0.25) is 0 Å². The Kier molecular flexibility index (Phi) is 7.89. The normalized spacial score (nSPS) is 11.1. The molecule has 2 aromatic carbocycles. The molecule has 0 radical (unpaired) electrons. The number of carbonyl (C=O) groups is 2. The summed E-state index contributed by atoms with van der Waals surface area (Å²) in [7, 11) is 0. The molecule has 0 saturated heterocycles. The van der Waals surface area contributed by atoms with E-state index in [1.807, 2.05) is 48.5 Å². The predicted molar refractivity (Wildman–Crippen MR) is 126 cm³/mol. The van der Waals surface area contributed by atoms with Crippen LogP contribution in [0.3, 0.4) is 0 Å². The summed E-state index contributed by atoms with van der Waals surface area (Å²) >= 11 is 1.34. The third kappa shape index (κ3) is 6.69. The van der Waals surface area contributed by atoms with Crippen molar-refractivity contribution in [3.05, 3.63) is 75.7 Å². The predicted octanol–water partition coefficient (Wildman–Crippen LogP) is 4.01. The first-order valence-electron chi connectivity index (χ1n) is 10.4. The lowest BCUT2D eigenvalue weighted by Gasteiger charge is -2.26. The van der Waals surface area contributed by atoms with E-state index in [9.17, 15) is 9.59 Å². The van der Waals surface area contributed by atoms with Gasteiger partial charge in [0.05, 0.1) is 13.2 Å². The number of amides is 2. The van der Waals surface area contributed by atoms with Crippen LogP contribution in [0.15, 0.2) is 53.9 Å². The highest BCUT2D eigenvalue weighted by molar-refractivity contribution is 7.09. The second kappa shape index (κ2) is 10.8. The van der Waals surface area contributed by atoms with Crippen LogP contribution in [0, 0.1) is 0 Å². The maximum atomic E-state index is 11.1. The summed E-state index contributed by atoms with van der Waals surface area (Å²) in [6.45, 7) is 5.25. The Morgan fingerprint density at radius 3 is 2.00 bits per heavy atom. The van der Waals surface area contributed by atoms with Gasteiger partial charge >= 0.3 is 6.09 Å². The van der Waals surface area contributed by atoms with Gasteiger partial charge in [0.1, 0.15) is 28.8 Å². The van der Waals surface area contributed by atoms with E-state index < -0.39 is 12.0 Å². The van der Waals surface area contributed by atoms with Crippen molar-refractivity contribution in [3.8, 4) is 11.5 Å². The van der Waals surface area contributed by atoms with Crippen molar-refractivity contribution in [1.82, 2.24) is 4.98 Å². The zero-order valence-corrected chi connectivity index (χ0v) is 19.4. The number of thiazole rings is 1. The fourth-order valence-electron chi connectivity index (χ4n) is 3.16. The Hall–Kier alpha value is -3.59. The molecule has 0 spiro atoms. The maximum absolute atomic E-state index is 11.1. The van der Waals surface area contributed by atoms with E-state index >= 15 is 0 Å². The highest BCUT2D eigenvalue weighted by Gasteiger charge is 2.23. The van der Waals surface area contributed by atoms with Crippen LogP contribution in [0.5, 0.6) is 11.5 Å². The van der Waals surface area contributed by atoms with Crippen molar-refractivity contribution in [2.75, 3.05) is 13.2 Å². The number of hydrogen-bond donors (Lipinski definition) is 2. The zero-order valence-electron chi connectivity index (χ0n) is 18.6. The number of nitrogens with two attached hydrogens (primary N) is 2. The Morgan fingerprint density at radius 2 is 1.48 bits per heavy atom. The van der Waals surface area contributed by atoms with Gasteiger partial charge in [-0.2, -0.15) is 0 Å². The third-order valence-corrected chi connectivity index (χ3v) is 5.94. The summed E-state index contributed by atoms with van der Waals surface area (Å²) in [5.74, 6) is 0.923. The van der Waals surface area contributed by atoms with E-state index in [4.69, 9.17) is 20.9 Å². The number of primary amides is 2. The van der Waals surface area contributed by atoms with E-state index in [1.54, 1.807) is 5.38 Å².